The third-order valence-corrected chi connectivity index (χ3v) is 4.44. The lowest BCUT2D eigenvalue weighted by Crippen LogP contribution is -2.20. The van der Waals surface area contributed by atoms with Crippen LogP contribution in [0.25, 0.3) is 11.5 Å². The molecule has 0 unspecified atom stereocenters. The van der Waals surface area contributed by atoms with Gasteiger partial charge in [0.25, 0.3) is 0 Å². The average molecular weight is 474 g/mol. The van der Waals surface area contributed by atoms with E-state index in [1.807, 2.05) is 0 Å². The fourth-order valence-corrected chi connectivity index (χ4v) is 2.81. The molecule has 0 aliphatic rings. The molecule has 3 aromatic heterocycles. The number of rotatable bonds is 7. The highest BCUT2D eigenvalue weighted by Crippen LogP contribution is 2.30. The maximum absolute atomic E-state index is 13.1. The maximum Gasteiger partial charge on any atom is 0.433 e. The summed E-state index contributed by atoms with van der Waals surface area (Å²) >= 11 is 0. The minimum Gasteiger partial charge on any atom is -0.469 e. The van der Waals surface area contributed by atoms with Gasteiger partial charge in [-0.3, -0.25) is 9.78 Å². The number of hydrogen-bond donors (Lipinski definition) is 2. The Morgan fingerprint density at radius 3 is 2.44 bits per heavy atom. The smallest absolute Gasteiger partial charge is 0.433 e. The normalized spacial score (nSPS) is 11.7. The number of carbonyl (C=O) groups excluding carboxylic acids is 1. The number of nitrogens with zero attached hydrogens (tertiary/aromatic N) is 4. The molecule has 0 fully saturated rings. The SMILES string of the molecule is COC(=O)Cc1cccc(-c2nc(NCC(C)(C)C)cc(Nc3ccnc(C(F)(F)F)c3)n2)n1. The monoisotopic (exact) mass is 474 g/mol. The van der Waals surface area contributed by atoms with Crippen molar-refractivity contribution in [3.63, 3.8) is 0 Å². The first-order valence-electron chi connectivity index (χ1n) is 10.4. The van der Waals surface area contributed by atoms with E-state index in [9.17, 15) is 18.0 Å². The molecular formula is C23H25F3N6O2. The van der Waals surface area contributed by atoms with E-state index in [1.54, 1.807) is 24.3 Å². The minimum atomic E-state index is -4.57. The van der Waals surface area contributed by atoms with Crippen molar-refractivity contribution >= 4 is 23.3 Å². The number of alkyl halides is 3. The number of hydrogen-bond acceptors (Lipinski definition) is 8. The van der Waals surface area contributed by atoms with Crippen LogP contribution in [0.3, 0.4) is 0 Å². The van der Waals surface area contributed by atoms with Crippen LogP contribution in [0.15, 0.2) is 42.6 Å². The van der Waals surface area contributed by atoms with Gasteiger partial charge in [0.1, 0.15) is 23.0 Å². The van der Waals surface area contributed by atoms with Crippen molar-refractivity contribution in [3.8, 4) is 11.5 Å². The maximum atomic E-state index is 13.1. The van der Waals surface area contributed by atoms with E-state index in [-0.39, 0.29) is 29.2 Å². The number of halogens is 3. The number of pyridine rings is 2. The molecule has 0 saturated carbocycles. The van der Waals surface area contributed by atoms with Gasteiger partial charge in [0, 0.05) is 24.5 Å². The molecule has 180 valence electrons. The average Bonchev–Trinajstić information content (AvgIpc) is 2.77. The third-order valence-electron chi connectivity index (χ3n) is 4.44. The van der Waals surface area contributed by atoms with Gasteiger partial charge in [0.15, 0.2) is 5.82 Å². The molecule has 0 aliphatic carbocycles. The molecule has 0 saturated heterocycles. The van der Waals surface area contributed by atoms with Crippen LogP contribution < -0.4 is 10.6 Å². The van der Waals surface area contributed by atoms with E-state index < -0.39 is 17.8 Å². The number of nitrogens with one attached hydrogen (secondary N) is 2. The molecule has 34 heavy (non-hydrogen) atoms. The Hall–Kier alpha value is -3.76. The Kier molecular flexibility index (Phi) is 7.33. The first-order chi connectivity index (χ1) is 15.9. The van der Waals surface area contributed by atoms with E-state index >= 15 is 0 Å². The topological polar surface area (TPSA) is 102 Å². The summed E-state index contributed by atoms with van der Waals surface area (Å²) in [6, 6.07) is 8.98. The van der Waals surface area contributed by atoms with Gasteiger partial charge < -0.3 is 15.4 Å². The summed E-state index contributed by atoms with van der Waals surface area (Å²) in [5.41, 5.74) is -0.0328. The van der Waals surface area contributed by atoms with Gasteiger partial charge in [-0.05, 0) is 29.7 Å². The third kappa shape index (κ3) is 7.12. The van der Waals surface area contributed by atoms with Gasteiger partial charge >= 0.3 is 12.1 Å². The summed E-state index contributed by atoms with van der Waals surface area (Å²) in [5.74, 6) is 0.526. The van der Waals surface area contributed by atoms with Gasteiger partial charge in [0.2, 0.25) is 0 Å². The first kappa shape index (κ1) is 24.9. The van der Waals surface area contributed by atoms with Crippen molar-refractivity contribution in [3.05, 3.63) is 54.0 Å². The highest BCUT2D eigenvalue weighted by atomic mass is 19.4. The van der Waals surface area contributed by atoms with Gasteiger partial charge in [-0.15, -0.1) is 0 Å². The van der Waals surface area contributed by atoms with E-state index in [0.717, 1.165) is 12.3 Å². The second kappa shape index (κ2) is 10.0. The first-order valence-corrected chi connectivity index (χ1v) is 10.4. The van der Waals surface area contributed by atoms with Crippen LogP contribution in [-0.2, 0) is 22.1 Å². The Bertz CT molecular complexity index is 1160. The van der Waals surface area contributed by atoms with Gasteiger partial charge in [-0.2, -0.15) is 13.2 Å². The van der Waals surface area contributed by atoms with Crippen molar-refractivity contribution in [2.45, 2.75) is 33.4 Å². The van der Waals surface area contributed by atoms with Crippen LogP contribution in [0.4, 0.5) is 30.5 Å². The molecule has 0 radical (unpaired) electrons. The zero-order valence-electron chi connectivity index (χ0n) is 19.2. The summed E-state index contributed by atoms with van der Waals surface area (Å²) in [5, 5.41) is 6.11. The molecule has 0 aliphatic heterocycles. The van der Waals surface area contributed by atoms with E-state index in [1.165, 1.54) is 13.2 Å². The van der Waals surface area contributed by atoms with Crippen LogP contribution in [0.5, 0.6) is 0 Å². The molecule has 3 rings (SSSR count). The number of carbonyl (C=O) groups is 1. The summed E-state index contributed by atoms with van der Waals surface area (Å²) in [4.78, 5) is 28.4. The zero-order chi connectivity index (χ0) is 24.9. The molecule has 3 heterocycles. The van der Waals surface area contributed by atoms with Crippen LogP contribution in [0.2, 0.25) is 0 Å². The Labute approximate surface area is 195 Å². The van der Waals surface area contributed by atoms with Crippen LogP contribution >= 0.6 is 0 Å². The second-order valence-corrected chi connectivity index (χ2v) is 8.70. The summed E-state index contributed by atoms with van der Waals surface area (Å²) in [7, 11) is 1.29. The number of ether oxygens (including phenoxy) is 1. The summed E-state index contributed by atoms with van der Waals surface area (Å²) < 4.78 is 43.9. The zero-order valence-corrected chi connectivity index (χ0v) is 19.2. The predicted molar refractivity (Wildman–Crippen MR) is 121 cm³/mol. The molecular weight excluding hydrogens is 449 g/mol. The second-order valence-electron chi connectivity index (χ2n) is 8.70. The molecule has 3 aromatic rings. The fourth-order valence-electron chi connectivity index (χ4n) is 2.81. The molecule has 0 spiro atoms. The van der Waals surface area contributed by atoms with E-state index in [2.05, 4.69) is 56.1 Å². The van der Waals surface area contributed by atoms with Crippen molar-refractivity contribution in [1.82, 2.24) is 19.9 Å². The molecule has 0 bridgehead atoms. The summed E-state index contributed by atoms with van der Waals surface area (Å²) in [6.45, 7) is 6.74. The van der Waals surface area contributed by atoms with Crippen LogP contribution in [-0.4, -0.2) is 39.6 Å². The quantitative estimate of drug-likeness (QED) is 0.468. The molecule has 0 atom stereocenters. The molecule has 8 nitrogen and oxygen atoms in total. The number of methoxy groups -OCH3 is 1. The molecule has 0 aromatic carbocycles. The predicted octanol–water partition coefficient (Wildman–Crippen LogP) is 4.87. The van der Waals surface area contributed by atoms with E-state index in [0.29, 0.717) is 23.8 Å². The lowest BCUT2D eigenvalue weighted by Gasteiger charge is -2.20. The number of esters is 1. The van der Waals surface area contributed by atoms with E-state index in [4.69, 9.17) is 0 Å². The molecule has 0 amide bonds. The van der Waals surface area contributed by atoms with Crippen molar-refractivity contribution in [2.75, 3.05) is 24.3 Å². The van der Waals surface area contributed by atoms with Gasteiger partial charge in [0.05, 0.1) is 19.2 Å². The van der Waals surface area contributed by atoms with Crippen molar-refractivity contribution in [1.29, 1.82) is 0 Å². The highest BCUT2D eigenvalue weighted by Gasteiger charge is 2.32. The minimum absolute atomic E-state index is 0.0192. The lowest BCUT2D eigenvalue weighted by atomic mass is 9.97. The molecule has 11 heteroatoms. The Morgan fingerprint density at radius 2 is 1.76 bits per heavy atom. The number of anilines is 3. The number of aromatic nitrogens is 4. The van der Waals surface area contributed by atoms with Crippen molar-refractivity contribution < 1.29 is 22.7 Å². The van der Waals surface area contributed by atoms with Crippen LogP contribution in [0, 0.1) is 5.41 Å². The Morgan fingerprint density at radius 1 is 1.03 bits per heavy atom. The fraction of sp³-hybridized carbons (Fsp3) is 0.348. The summed E-state index contributed by atoms with van der Waals surface area (Å²) in [6.07, 6.45) is -3.52. The van der Waals surface area contributed by atoms with Crippen molar-refractivity contribution in [2.24, 2.45) is 5.41 Å². The standard InChI is InChI=1S/C23H25F3N6O2/c1-22(2,3)13-28-18-12-19(30-15-8-9-27-17(10-15)23(24,25)26)32-21(31-18)16-7-5-6-14(29-16)11-20(33)34-4/h5-10,12H,11,13H2,1-4H3,(H2,27,28,30,31,32). The largest absolute Gasteiger partial charge is 0.469 e. The Balaban J connectivity index is 1.98. The van der Waals surface area contributed by atoms with Crippen LogP contribution in [0.1, 0.15) is 32.2 Å². The highest BCUT2D eigenvalue weighted by molar-refractivity contribution is 5.72. The van der Waals surface area contributed by atoms with Gasteiger partial charge in [-0.1, -0.05) is 26.8 Å². The lowest BCUT2D eigenvalue weighted by molar-refractivity contribution is -0.141. The molecule has 2 N–H and O–H groups in total. The van der Waals surface area contributed by atoms with Gasteiger partial charge in [-0.25, -0.2) is 15.0 Å².